The van der Waals surface area contributed by atoms with Crippen LogP contribution in [0.4, 0.5) is 5.13 Å². The fraction of sp³-hybridized carbons (Fsp3) is 0.182. The Hall–Kier alpha value is -2.52. The lowest BCUT2D eigenvalue weighted by Crippen LogP contribution is -2.27. The van der Waals surface area contributed by atoms with Gasteiger partial charge in [-0.15, -0.1) is 11.3 Å². The van der Waals surface area contributed by atoms with E-state index in [4.69, 9.17) is 11.6 Å². The first-order chi connectivity index (χ1) is 14.9. The molecule has 3 aromatic rings. The molecule has 9 heteroatoms. The highest BCUT2D eigenvalue weighted by molar-refractivity contribution is 7.89. The van der Waals surface area contributed by atoms with Gasteiger partial charge in [-0.25, -0.2) is 13.4 Å². The number of aromatic nitrogens is 1. The highest BCUT2D eigenvalue weighted by Crippen LogP contribution is 2.27. The molecular weight excluding hydrogens is 454 g/mol. The van der Waals surface area contributed by atoms with Crippen molar-refractivity contribution in [2.24, 2.45) is 0 Å². The number of amides is 1. The van der Waals surface area contributed by atoms with Crippen molar-refractivity contribution in [3.63, 3.8) is 0 Å². The molecule has 0 aliphatic carbocycles. The van der Waals surface area contributed by atoms with E-state index in [2.05, 4.69) is 10.3 Å². The average Bonchev–Trinajstić information content (AvgIpc) is 3.46. The van der Waals surface area contributed by atoms with Gasteiger partial charge in [-0.3, -0.25) is 10.1 Å². The monoisotopic (exact) mass is 473 g/mol. The van der Waals surface area contributed by atoms with Gasteiger partial charge in [0.1, 0.15) is 0 Å². The molecule has 0 spiro atoms. The van der Waals surface area contributed by atoms with Crippen molar-refractivity contribution in [2.45, 2.75) is 17.7 Å². The molecule has 0 bridgehead atoms. The molecule has 0 saturated carbocycles. The SMILES string of the molecule is O=C(/C=C/c1ccccc1Cl)Nc1nc(-c2ccc(S(=O)(=O)N3CCCC3)cc2)cs1. The number of hydrogen-bond acceptors (Lipinski definition) is 5. The average molecular weight is 474 g/mol. The van der Waals surface area contributed by atoms with E-state index in [1.165, 1.54) is 21.7 Å². The van der Waals surface area contributed by atoms with Crippen LogP contribution in [0, 0.1) is 0 Å². The molecule has 1 aliphatic rings. The van der Waals surface area contributed by atoms with Crippen molar-refractivity contribution < 1.29 is 13.2 Å². The van der Waals surface area contributed by atoms with Crippen LogP contribution in [-0.2, 0) is 14.8 Å². The van der Waals surface area contributed by atoms with Gasteiger partial charge in [-0.05, 0) is 42.7 Å². The summed E-state index contributed by atoms with van der Waals surface area (Å²) < 4.78 is 26.8. The zero-order chi connectivity index (χ0) is 21.8. The lowest BCUT2D eigenvalue weighted by Gasteiger charge is -2.15. The minimum atomic E-state index is -3.44. The molecule has 0 atom stereocenters. The van der Waals surface area contributed by atoms with Gasteiger partial charge in [0, 0.05) is 35.1 Å². The van der Waals surface area contributed by atoms with E-state index in [9.17, 15) is 13.2 Å². The number of thiazole rings is 1. The van der Waals surface area contributed by atoms with Crippen molar-refractivity contribution in [3.05, 3.63) is 70.6 Å². The summed E-state index contributed by atoms with van der Waals surface area (Å²) in [5.74, 6) is -0.312. The van der Waals surface area contributed by atoms with Crippen LogP contribution in [0.25, 0.3) is 17.3 Å². The van der Waals surface area contributed by atoms with Gasteiger partial charge < -0.3 is 0 Å². The number of rotatable bonds is 6. The summed E-state index contributed by atoms with van der Waals surface area (Å²) in [5.41, 5.74) is 2.20. The van der Waals surface area contributed by atoms with Crippen molar-refractivity contribution in [3.8, 4) is 11.3 Å². The molecule has 6 nitrogen and oxygen atoms in total. The molecule has 1 fully saturated rings. The van der Waals surface area contributed by atoms with Crippen LogP contribution in [0.2, 0.25) is 5.02 Å². The molecule has 2 aromatic carbocycles. The first-order valence-electron chi connectivity index (χ1n) is 9.73. The summed E-state index contributed by atoms with van der Waals surface area (Å²) in [6.45, 7) is 1.15. The second kappa shape index (κ2) is 9.32. The summed E-state index contributed by atoms with van der Waals surface area (Å²) in [6.07, 6.45) is 4.85. The predicted molar refractivity (Wildman–Crippen MR) is 125 cm³/mol. The molecule has 1 saturated heterocycles. The summed E-state index contributed by atoms with van der Waals surface area (Å²) in [4.78, 5) is 16.9. The number of sulfonamides is 1. The minimum absolute atomic E-state index is 0.284. The largest absolute Gasteiger partial charge is 0.298 e. The lowest BCUT2D eigenvalue weighted by atomic mass is 10.2. The Labute approximate surface area is 190 Å². The third-order valence-electron chi connectivity index (χ3n) is 4.91. The number of nitrogens with zero attached hydrogens (tertiary/aromatic N) is 2. The maximum absolute atomic E-state index is 12.6. The first kappa shape index (κ1) is 21.7. The Bertz CT molecular complexity index is 1210. The minimum Gasteiger partial charge on any atom is -0.298 e. The third kappa shape index (κ3) is 5.04. The molecule has 160 valence electrons. The first-order valence-corrected chi connectivity index (χ1v) is 12.4. The molecule has 1 amide bonds. The maximum Gasteiger partial charge on any atom is 0.250 e. The van der Waals surface area contributed by atoms with E-state index >= 15 is 0 Å². The van der Waals surface area contributed by atoms with Gasteiger partial charge in [0.2, 0.25) is 15.9 Å². The fourth-order valence-electron chi connectivity index (χ4n) is 3.26. The number of carbonyl (C=O) groups is 1. The molecule has 31 heavy (non-hydrogen) atoms. The molecule has 1 N–H and O–H groups in total. The lowest BCUT2D eigenvalue weighted by molar-refractivity contribution is -0.111. The second-order valence-corrected chi connectivity index (χ2v) is 10.2. The number of hydrogen-bond donors (Lipinski definition) is 1. The highest BCUT2D eigenvalue weighted by atomic mass is 35.5. The van der Waals surface area contributed by atoms with Crippen LogP contribution in [0.3, 0.4) is 0 Å². The van der Waals surface area contributed by atoms with Crippen molar-refractivity contribution in [2.75, 3.05) is 18.4 Å². The highest BCUT2D eigenvalue weighted by Gasteiger charge is 2.27. The van der Waals surface area contributed by atoms with Crippen LogP contribution >= 0.6 is 22.9 Å². The van der Waals surface area contributed by atoms with Gasteiger partial charge in [-0.1, -0.05) is 41.9 Å². The van der Waals surface area contributed by atoms with E-state index < -0.39 is 10.0 Å². The van der Waals surface area contributed by atoms with E-state index in [1.54, 1.807) is 36.4 Å². The Morgan fingerprint density at radius 1 is 1.10 bits per heavy atom. The number of carbonyl (C=O) groups excluding carboxylic acids is 1. The van der Waals surface area contributed by atoms with Crippen LogP contribution in [0.1, 0.15) is 18.4 Å². The van der Waals surface area contributed by atoms with E-state index in [0.29, 0.717) is 28.9 Å². The van der Waals surface area contributed by atoms with Gasteiger partial charge in [0.05, 0.1) is 10.6 Å². The Kier molecular flexibility index (Phi) is 6.52. The molecule has 1 aromatic heterocycles. The molecular formula is C22H20ClN3O3S2. The van der Waals surface area contributed by atoms with Gasteiger partial charge in [0.15, 0.2) is 5.13 Å². The van der Waals surface area contributed by atoms with Gasteiger partial charge >= 0.3 is 0 Å². The zero-order valence-electron chi connectivity index (χ0n) is 16.5. The Morgan fingerprint density at radius 3 is 2.52 bits per heavy atom. The quantitative estimate of drug-likeness (QED) is 0.516. The summed E-state index contributed by atoms with van der Waals surface area (Å²) in [7, 11) is -3.44. The molecule has 0 radical (unpaired) electrons. The standard InChI is InChI=1S/C22H20ClN3O3S2/c23-19-6-2-1-5-16(19)9-12-21(27)25-22-24-20(15-30-22)17-7-10-18(11-8-17)31(28,29)26-13-3-4-14-26/h1-2,5-12,15H,3-4,13-14H2,(H,24,25,27)/b12-9+. The summed E-state index contributed by atoms with van der Waals surface area (Å²) >= 11 is 7.38. The van der Waals surface area contributed by atoms with Gasteiger partial charge in [0.25, 0.3) is 0 Å². The van der Waals surface area contributed by atoms with Crippen LogP contribution < -0.4 is 5.32 Å². The predicted octanol–water partition coefficient (Wildman–Crippen LogP) is 4.90. The normalized spacial score (nSPS) is 14.9. The Balaban J connectivity index is 1.42. The smallest absolute Gasteiger partial charge is 0.250 e. The van der Waals surface area contributed by atoms with Crippen LogP contribution in [0.15, 0.2) is 64.9 Å². The number of halogens is 1. The molecule has 4 rings (SSSR count). The molecule has 2 heterocycles. The second-order valence-electron chi connectivity index (χ2n) is 7.02. The number of anilines is 1. The van der Waals surface area contributed by atoms with Crippen molar-refractivity contribution in [1.82, 2.24) is 9.29 Å². The third-order valence-corrected chi connectivity index (χ3v) is 7.92. The van der Waals surface area contributed by atoms with Gasteiger partial charge in [-0.2, -0.15) is 4.31 Å². The van der Waals surface area contributed by atoms with E-state index in [1.807, 2.05) is 23.6 Å². The maximum atomic E-state index is 12.6. The molecule has 0 unspecified atom stereocenters. The molecule has 1 aliphatic heterocycles. The van der Waals surface area contributed by atoms with Crippen molar-refractivity contribution >= 4 is 50.1 Å². The summed E-state index contributed by atoms with van der Waals surface area (Å²) in [5, 5.41) is 5.57. The zero-order valence-corrected chi connectivity index (χ0v) is 18.9. The van der Waals surface area contributed by atoms with Crippen molar-refractivity contribution in [1.29, 1.82) is 0 Å². The van der Waals surface area contributed by atoms with Crippen LogP contribution in [-0.4, -0.2) is 36.7 Å². The Morgan fingerprint density at radius 2 is 1.81 bits per heavy atom. The van der Waals surface area contributed by atoms with E-state index in [0.717, 1.165) is 24.0 Å². The topological polar surface area (TPSA) is 79.4 Å². The fourth-order valence-corrected chi connectivity index (χ4v) is 5.70. The number of nitrogens with one attached hydrogen (secondary N) is 1. The van der Waals surface area contributed by atoms with E-state index in [-0.39, 0.29) is 10.8 Å². The number of benzene rings is 2. The van der Waals surface area contributed by atoms with Crippen LogP contribution in [0.5, 0.6) is 0 Å². The summed E-state index contributed by atoms with van der Waals surface area (Å²) in [6, 6.07) is 13.9.